The molecule has 0 amide bonds. The van der Waals surface area contributed by atoms with Crippen molar-refractivity contribution in [3.8, 4) is 0 Å². The van der Waals surface area contributed by atoms with E-state index in [2.05, 4.69) is 5.84 Å². The summed E-state index contributed by atoms with van der Waals surface area (Å²) in [4.78, 5) is -0.250. The Morgan fingerprint density at radius 3 is 1.57 bits per heavy atom. The van der Waals surface area contributed by atoms with Crippen LogP contribution < -0.4 is 5.84 Å². The number of nitrogens with two attached hydrogens (primary N) is 1. The summed E-state index contributed by atoms with van der Waals surface area (Å²) in [5.74, 6) is 4.31. The van der Waals surface area contributed by atoms with Crippen LogP contribution in [0.1, 0.15) is 0 Å². The maximum atomic E-state index is 11.0. The van der Waals surface area contributed by atoms with Crippen molar-refractivity contribution < 1.29 is 12.9 Å². The first-order valence-corrected chi connectivity index (χ1v) is 1.62. The van der Waals surface area contributed by atoms with Crippen molar-refractivity contribution in [3.05, 3.63) is 0 Å². The fourth-order valence-electron chi connectivity index (χ4n) is 0. The lowest BCUT2D eigenvalue weighted by Gasteiger charge is -2.21. The van der Waals surface area contributed by atoms with Crippen LogP contribution in [-0.2, 0) is 0 Å². The summed E-state index contributed by atoms with van der Waals surface area (Å²) in [6.07, 6.45) is 0. The normalized spacial score (nSPS) is 12.9. The standard InChI is InChI=1S/CH5BF3N2/c1-7(6)2(3,4)5/h6H2,1H3/q-1. The van der Waals surface area contributed by atoms with Crippen molar-refractivity contribution in [1.82, 2.24) is 4.92 Å². The highest BCUT2D eigenvalue weighted by Gasteiger charge is 2.26. The highest BCUT2D eigenvalue weighted by Crippen LogP contribution is 2.07. The van der Waals surface area contributed by atoms with Crippen LogP contribution >= 0.6 is 0 Å². The van der Waals surface area contributed by atoms with Gasteiger partial charge in [0.2, 0.25) is 0 Å². The van der Waals surface area contributed by atoms with Gasteiger partial charge in [-0.2, -0.15) is 0 Å². The molecule has 0 atom stereocenters. The molecule has 0 rings (SSSR count). The van der Waals surface area contributed by atoms with Gasteiger partial charge < -0.3 is 23.7 Å². The molecule has 0 saturated carbocycles. The van der Waals surface area contributed by atoms with Crippen LogP contribution in [0, 0.1) is 0 Å². The Morgan fingerprint density at radius 2 is 1.57 bits per heavy atom. The molecule has 44 valence electrons. The summed E-state index contributed by atoms with van der Waals surface area (Å²) in [7, 11) is -4.18. The summed E-state index contributed by atoms with van der Waals surface area (Å²) in [6.45, 7) is 0. The summed E-state index contributed by atoms with van der Waals surface area (Å²) in [5, 5.41) is 0. The van der Waals surface area contributed by atoms with Gasteiger partial charge in [-0.1, -0.05) is 0 Å². The monoisotopic (exact) mass is 113 g/mol. The Kier molecular flexibility index (Phi) is 1.66. The minimum Gasteiger partial charge on any atom is -0.433 e. The zero-order chi connectivity index (χ0) is 6.08. The zero-order valence-electron chi connectivity index (χ0n) is 3.74. The molecule has 2 nitrogen and oxygen atoms in total. The molecule has 0 heterocycles. The number of halogens is 3. The molecule has 0 aliphatic carbocycles. The number of rotatable bonds is 1. The SMILES string of the molecule is CN(N)[B-](F)(F)F. The van der Waals surface area contributed by atoms with E-state index in [1.807, 2.05) is 0 Å². The maximum Gasteiger partial charge on any atom is 0.580 e. The second-order valence-corrected chi connectivity index (χ2v) is 1.21. The van der Waals surface area contributed by atoms with Gasteiger partial charge >= 0.3 is 7.11 Å². The minimum atomic E-state index is -4.94. The Labute approximate surface area is 39.1 Å². The molecule has 0 unspecified atom stereocenters. The molecule has 7 heavy (non-hydrogen) atoms. The lowest BCUT2D eigenvalue weighted by Crippen LogP contribution is -2.45. The highest BCUT2D eigenvalue weighted by molar-refractivity contribution is 6.54. The average molecular weight is 113 g/mol. The average Bonchev–Trinajstić information content (AvgIpc) is 1.31. The first kappa shape index (κ1) is 6.77. The summed E-state index contributed by atoms with van der Waals surface area (Å²) >= 11 is 0. The topological polar surface area (TPSA) is 29.3 Å². The van der Waals surface area contributed by atoms with E-state index in [0.29, 0.717) is 0 Å². The fraction of sp³-hybridized carbons (Fsp3) is 1.00. The summed E-state index contributed by atoms with van der Waals surface area (Å²) in [5.41, 5.74) is 0. The van der Waals surface area contributed by atoms with E-state index in [1.165, 1.54) is 0 Å². The van der Waals surface area contributed by atoms with Crippen LogP contribution in [0.5, 0.6) is 0 Å². The third kappa shape index (κ3) is 2.47. The van der Waals surface area contributed by atoms with E-state index in [-0.39, 0.29) is 4.92 Å². The van der Waals surface area contributed by atoms with Crippen molar-refractivity contribution in [2.75, 3.05) is 7.05 Å². The first-order chi connectivity index (χ1) is 2.94. The first-order valence-electron chi connectivity index (χ1n) is 1.62. The molecule has 0 bridgehead atoms. The van der Waals surface area contributed by atoms with Crippen LogP contribution in [0.15, 0.2) is 0 Å². The van der Waals surface area contributed by atoms with E-state index >= 15 is 0 Å². The lowest BCUT2D eigenvalue weighted by atomic mass is 10.1. The second-order valence-electron chi connectivity index (χ2n) is 1.21. The molecule has 0 saturated heterocycles. The third-order valence-electron chi connectivity index (χ3n) is 0.462. The second kappa shape index (κ2) is 1.71. The smallest absolute Gasteiger partial charge is 0.433 e. The van der Waals surface area contributed by atoms with Crippen LogP contribution in [0.2, 0.25) is 0 Å². The van der Waals surface area contributed by atoms with E-state index in [4.69, 9.17) is 0 Å². The summed E-state index contributed by atoms with van der Waals surface area (Å²) < 4.78 is 33.1. The van der Waals surface area contributed by atoms with Gasteiger partial charge in [0.15, 0.2) is 0 Å². The zero-order valence-corrected chi connectivity index (χ0v) is 3.74. The van der Waals surface area contributed by atoms with Gasteiger partial charge in [0.25, 0.3) is 0 Å². The van der Waals surface area contributed by atoms with Crippen molar-refractivity contribution in [3.63, 3.8) is 0 Å². The third-order valence-corrected chi connectivity index (χ3v) is 0.462. The molecule has 2 N–H and O–H groups in total. The molecule has 0 aromatic carbocycles. The molecule has 0 spiro atoms. The van der Waals surface area contributed by atoms with E-state index < -0.39 is 7.11 Å². The van der Waals surface area contributed by atoms with Gasteiger partial charge in [0.05, 0.1) is 0 Å². The number of hydrazine groups is 1. The maximum absolute atomic E-state index is 11.0. The largest absolute Gasteiger partial charge is 0.580 e. The van der Waals surface area contributed by atoms with Crippen molar-refractivity contribution >= 4 is 7.11 Å². The predicted molar refractivity (Wildman–Crippen MR) is 21.0 cm³/mol. The number of hydrogen-bond acceptors (Lipinski definition) is 2. The Balaban J connectivity index is 3.54. The Morgan fingerprint density at radius 1 is 1.43 bits per heavy atom. The van der Waals surface area contributed by atoms with E-state index in [9.17, 15) is 12.9 Å². The van der Waals surface area contributed by atoms with Gasteiger partial charge in [-0.15, -0.1) is 0 Å². The predicted octanol–water partition coefficient (Wildman–Crippen LogP) is 0.136. The van der Waals surface area contributed by atoms with Gasteiger partial charge in [-0.05, 0) is 7.05 Å². The van der Waals surface area contributed by atoms with Crippen molar-refractivity contribution in [1.29, 1.82) is 0 Å². The van der Waals surface area contributed by atoms with Crippen molar-refractivity contribution in [2.24, 2.45) is 5.84 Å². The molecular weight excluding hydrogens is 108 g/mol. The summed E-state index contributed by atoms with van der Waals surface area (Å²) in [6, 6.07) is 0. The molecule has 0 fully saturated rings. The number of hydrogen-bond donors (Lipinski definition) is 1. The Bertz CT molecular complexity index is 58.4. The molecule has 0 aliphatic rings. The highest BCUT2D eigenvalue weighted by atomic mass is 19.4. The lowest BCUT2D eigenvalue weighted by molar-refractivity contribution is 0.315. The quantitative estimate of drug-likeness (QED) is 0.297. The van der Waals surface area contributed by atoms with Gasteiger partial charge in [-0.25, -0.2) is 0 Å². The van der Waals surface area contributed by atoms with Crippen LogP contribution in [0.3, 0.4) is 0 Å². The van der Waals surface area contributed by atoms with Gasteiger partial charge in [0, 0.05) is 0 Å². The number of nitrogens with zero attached hydrogens (tertiary/aromatic N) is 1. The fourth-order valence-corrected chi connectivity index (χ4v) is 0. The van der Waals surface area contributed by atoms with Crippen LogP contribution in [-0.4, -0.2) is 19.1 Å². The van der Waals surface area contributed by atoms with Crippen molar-refractivity contribution in [2.45, 2.75) is 0 Å². The van der Waals surface area contributed by atoms with Crippen LogP contribution in [0.25, 0.3) is 0 Å². The molecule has 0 aromatic rings. The molecule has 6 heteroatoms. The molecular formula is CH5BF3N2-. The van der Waals surface area contributed by atoms with E-state index in [1.54, 1.807) is 0 Å². The van der Waals surface area contributed by atoms with Crippen LogP contribution in [0.4, 0.5) is 12.9 Å². The minimum absolute atomic E-state index is 0.250. The van der Waals surface area contributed by atoms with E-state index in [0.717, 1.165) is 7.05 Å². The Hall–Kier alpha value is -0.225. The molecule has 0 radical (unpaired) electrons. The molecule has 0 aromatic heterocycles. The molecule has 0 aliphatic heterocycles. The van der Waals surface area contributed by atoms with Gasteiger partial charge in [0.1, 0.15) is 0 Å². The van der Waals surface area contributed by atoms with Gasteiger partial charge in [-0.3, -0.25) is 0 Å².